The minimum atomic E-state index is 0.0262. The second-order valence-electron chi connectivity index (χ2n) is 5.88. The van der Waals surface area contributed by atoms with Gasteiger partial charge in [0.1, 0.15) is 0 Å². The highest BCUT2D eigenvalue weighted by Gasteiger charge is 2.15. The third-order valence-corrected chi connectivity index (χ3v) is 4.37. The summed E-state index contributed by atoms with van der Waals surface area (Å²) in [4.78, 5) is 0. The number of rotatable bonds is 3. The molecular formula is C17H18BrClN2S. The molecule has 0 heterocycles. The smallest absolute Gasteiger partial charge is 0.0878 e. The molecule has 0 aliphatic rings. The lowest BCUT2D eigenvalue weighted by Crippen LogP contribution is -2.10. The summed E-state index contributed by atoms with van der Waals surface area (Å²) in [6, 6.07) is 13.5. The number of hydrogen-bond donors (Lipinski definition) is 1. The first-order chi connectivity index (χ1) is 10.3. The lowest BCUT2D eigenvalue weighted by Gasteiger charge is -2.16. The van der Waals surface area contributed by atoms with Gasteiger partial charge in [-0.15, -0.1) is 0 Å². The molecule has 0 bridgehead atoms. The SMILES string of the molecule is CC(C)(C)S/N=C(\c1ccc(Cl)cc1)c1cc(Br)ccc1N. The molecule has 2 nitrogen and oxygen atoms in total. The summed E-state index contributed by atoms with van der Waals surface area (Å²) >= 11 is 11.0. The molecule has 22 heavy (non-hydrogen) atoms. The first-order valence-corrected chi connectivity index (χ1v) is 8.78. The van der Waals surface area contributed by atoms with Crippen molar-refractivity contribution in [3.8, 4) is 0 Å². The van der Waals surface area contributed by atoms with Crippen LogP contribution in [0.3, 0.4) is 0 Å². The fourth-order valence-electron chi connectivity index (χ4n) is 1.78. The van der Waals surface area contributed by atoms with Gasteiger partial charge >= 0.3 is 0 Å². The lowest BCUT2D eigenvalue weighted by molar-refractivity contribution is 0.804. The average Bonchev–Trinajstić information content (AvgIpc) is 2.43. The van der Waals surface area contributed by atoms with Gasteiger partial charge in [0.15, 0.2) is 0 Å². The van der Waals surface area contributed by atoms with E-state index in [0.29, 0.717) is 10.7 Å². The third kappa shape index (κ3) is 4.77. The zero-order valence-corrected chi connectivity index (χ0v) is 15.9. The predicted molar refractivity (Wildman–Crippen MR) is 103 cm³/mol. The molecule has 0 fully saturated rings. The Kier molecular flexibility index (Phi) is 5.59. The zero-order valence-electron chi connectivity index (χ0n) is 12.7. The molecule has 0 saturated heterocycles. The molecule has 2 N–H and O–H groups in total. The number of hydrogen-bond acceptors (Lipinski definition) is 3. The number of anilines is 1. The van der Waals surface area contributed by atoms with Crippen molar-refractivity contribution in [2.45, 2.75) is 25.5 Å². The number of nitrogen functional groups attached to an aromatic ring is 1. The van der Waals surface area contributed by atoms with E-state index in [-0.39, 0.29) is 4.75 Å². The van der Waals surface area contributed by atoms with Gasteiger partial charge in [-0.05, 0) is 63.1 Å². The molecule has 0 amide bonds. The molecule has 0 spiro atoms. The molecule has 0 aliphatic heterocycles. The van der Waals surface area contributed by atoms with Crippen molar-refractivity contribution in [2.24, 2.45) is 4.40 Å². The van der Waals surface area contributed by atoms with Gasteiger partial charge < -0.3 is 5.73 Å². The Morgan fingerprint density at radius 2 is 1.77 bits per heavy atom. The van der Waals surface area contributed by atoms with Crippen LogP contribution in [0.15, 0.2) is 51.3 Å². The standard InChI is InChI=1S/C17H18BrClN2S/c1-17(2,3)22-21-16(11-4-7-13(19)8-5-11)14-10-12(18)6-9-15(14)20/h4-10H,20H2,1-3H3/b21-16+. The molecule has 2 aromatic carbocycles. The van der Waals surface area contributed by atoms with Crippen molar-refractivity contribution in [1.29, 1.82) is 0 Å². The Bertz CT molecular complexity index is 691. The highest BCUT2D eigenvalue weighted by molar-refractivity contribution is 9.10. The maximum Gasteiger partial charge on any atom is 0.0878 e. The molecule has 0 radical (unpaired) electrons. The summed E-state index contributed by atoms with van der Waals surface area (Å²) in [6.45, 7) is 6.39. The van der Waals surface area contributed by atoms with Crippen LogP contribution in [0.4, 0.5) is 5.69 Å². The topological polar surface area (TPSA) is 38.4 Å². The molecule has 0 unspecified atom stereocenters. The minimum absolute atomic E-state index is 0.0262. The van der Waals surface area contributed by atoms with Crippen molar-refractivity contribution < 1.29 is 0 Å². The van der Waals surface area contributed by atoms with E-state index in [0.717, 1.165) is 21.3 Å². The van der Waals surface area contributed by atoms with Crippen LogP contribution in [-0.4, -0.2) is 10.5 Å². The van der Waals surface area contributed by atoms with E-state index in [1.54, 1.807) is 0 Å². The Morgan fingerprint density at radius 3 is 2.36 bits per heavy atom. The van der Waals surface area contributed by atoms with Crippen LogP contribution in [0.1, 0.15) is 31.9 Å². The molecule has 5 heteroatoms. The average molecular weight is 398 g/mol. The van der Waals surface area contributed by atoms with E-state index in [9.17, 15) is 0 Å². The van der Waals surface area contributed by atoms with E-state index in [2.05, 4.69) is 36.7 Å². The molecule has 0 aromatic heterocycles. The molecule has 2 aromatic rings. The van der Waals surface area contributed by atoms with Gasteiger partial charge in [0.2, 0.25) is 0 Å². The quantitative estimate of drug-likeness (QED) is 0.393. The maximum atomic E-state index is 6.16. The number of benzene rings is 2. The monoisotopic (exact) mass is 396 g/mol. The lowest BCUT2D eigenvalue weighted by atomic mass is 10.0. The molecule has 0 saturated carbocycles. The van der Waals surface area contributed by atoms with Crippen molar-refractivity contribution >= 4 is 50.9 Å². The largest absolute Gasteiger partial charge is 0.398 e. The molecular weight excluding hydrogens is 380 g/mol. The summed E-state index contributed by atoms with van der Waals surface area (Å²) < 4.78 is 5.75. The Balaban J connectivity index is 2.54. The second-order valence-corrected chi connectivity index (χ2v) is 8.82. The highest BCUT2D eigenvalue weighted by atomic mass is 79.9. The van der Waals surface area contributed by atoms with Gasteiger partial charge in [0.05, 0.1) is 5.71 Å². The molecule has 0 aliphatic carbocycles. The zero-order chi connectivity index (χ0) is 16.3. The molecule has 2 rings (SSSR count). The van der Waals surface area contributed by atoms with E-state index in [4.69, 9.17) is 21.7 Å². The van der Waals surface area contributed by atoms with Gasteiger partial charge in [0, 0.05) is 31.1 Å². The van der Waals surface area contributed by atoms with Crippen molar-refractivity contribution in [2.75, 3.05) is 5.73 Å². The molecule has 116 valence electrons. The maximum absolute atomic E-state index is 6.16. The number of nitrogens with two attached hydrogens (primary N) is 1. The van der Waals surface area contributed by atoms with Gasteiger partial charge in [-0.3, -0.25) is 0 Å². The van der Waals surface area contributed by atoms with Crippen molar-refractivity contribution in [1.82, 2.24) is 0 Å². The fourth-order valence-corrected chi connectivity index (χ4v) is 2.84. The van der Waals surface area contributed by atoms with E-state index >= 15 is 0 Å². The van der Waals surface area contributed by atoms with Gasteiger partial charge in [-0.25, -0.2) is 4.40 Å². The van der Waals surface area contributed by atoms with E-state index in [1.165, 1.54) is 11.9 Å². The van der Waals surface area contributed by atoms with E-state index in [1.807, 2.05) is 42.5 Å². The van der Waals surface area contributed by atoms with Gasteiger partial charge in [-0.2, -0.15) is 0 Å². The van der Waals surface area contributed by atoms with Crippen LogP contribution >= 0.6 is 39.5 Å². The van der Waals surface area contributed by atoms with Crippen LogP contribution in [0.2, 0.25) is 5.02 Å². The number of nitrogens with zero attached hydrogens (tertiary/aromatic N) is 1. The summed E-state index contributed by atoms with van der Waals surface area (Å²) in [5, 5.41) is 0.703. The first kappa shape index (κ1) is 17.4. The normalized spacial score (nSPS) is 12.5. The third-order valence-electron chi connectivity index (χ3n) is 2.80. The Labute approximate surface area is 149 Å². The summed E-state index contributed by atoms with van der Waals surface area (Å²) in [5.41, 5.74) is 9.62. The Morgan fingerprint density at radius 1 is 1.14 bits per heavy atom. The van der Waals surface area contributed by atoms with Crippen molar-refractivity contribution in [3.63, 3.8) is 0 Å². The molecule has 0 atom stereocenters. The van der Waals surface area contributed by atoms with Crippen molar-refractivity contribution in [3.05, 3.63) is 63.1 Å². The Hall–Kier alpha value is -0.970. The summed E-state index contributed by atoms with van der Waals surface area (Å²) in [5.74, 6) is 0. The minimum Gasteiger partial charge on any atom is -0.398 e. The van der Waals surface area contributed by atoms with Gasteiger partial charge in [-0.1, -0.05) is 39.7 Å². The van der Waals surface area contributed by atoms with Crippen LogP contribution in [0.5, 0.6) is 0 Å². The summed E-state index contributed by atoms with van der Waals surface area (Å²) in [7, 11) is 0. The first-order valence-electron chi connectivity index (χ1n) is 6.84. The highest BCUT2D eigenvalue weighted by Crippen LogP contribution is 2.29. The van der Waals surface area contributed by atoms with Crippen LogP contribution in [0.25, 0.3) is 0 Å². The fraction of sp³-hybridized carbons (Fsp3) is 0.235. The van der Waals surface area contributed by atoms with E-state index < -0.39 is 0 Å². The number of halogens is 2. The van der Waals surface area contributed by atoms with Crippen LogP contribution < -0.4 is 5.73 Å². The van der Waals surface area contributed by atoms with Crippen LogP contribution in [0, 0.1) is 0 Å². The van der Waals surface area contributed by atoms with Gasteiger partial charge in [0.25, 0.3) is 0 Å². The second kappa shape index (κ2) is 7.07. The predicted octanol–water partition coefficient (Wildman–Crippen LogP) is 5.97. The van der Waals surface area contributed by atoms with Crippen LogP contribution in [-0.2, 0) is 0 Å². The summed E-state index contributed by atoms with van der Waals surface area (Å²) in [6.07, 6.45) is 0.